The first-order valence-corrected chi connectivity index (χ1v) is 8.03. The molecule has 3 heteroatoms. The fraction of sp³-hybridized carbons (Fsp3) is 0.368. The Labute approximate surface area is 132 Å². The second-order valence-corrected chi connectivity index (χ2v) is 5.61. The fourth-order valence-corrected chi connectivity index (χ4v) is 2.80. The fourth-order valence-electron chi connectivity index (χ4n) is 2.80. The Balaban J connectivity index is 1.67. The van der Waals surface area contributed by atoms with E-state index < -0.39 is 0 Å². The maximum Gasteiger partial charge on any atom is 0.161 e. The molecule has 0 unspecified atom stereocenters. The van der Waals surface area contributed by atoms with Crippen LogP contribution in [0.4, 0.5) is 0 Å². The van der Waals surface area contributed by atoms with Gasteiger partial charge in [0.1, 0.15) is 13.2 Å². The molecule has 1 N–H and O–H groups in total. The van der Waals surface area contributed by atoms with E-state index >= 15 is 0 Å². The average molecular weight is 297 g/mol. The number of fused-ring (bicyclic) bond motifs is 1. The highest BCUT2D eigenvalue weighted by Gasteiger charge is 2.13. The molecule has 1 heterocycles. The van der Waals surface area contributed by atoms with Gasteiger partial charge in [0.25, 0.3) is 0 Å². The summed E-state index contributed by atoms with van der Waals surface area (Å²) in [6, 6.07) is 17.2. The summed E-state index contributed by atoms with van der Waals surface area (Å²) in [6.45, 7) is 4.32. The molecule has 0 aromatic heterocycles. The molecule has 2 aromatic rings. The Morgan fingerprint density at radius 3 is 2.55 bits per heavy atom. The molecule has 1 aliphatic rings. The quantitative estimate of drug-likeness (QED) is 0.871. The summed E-state index contributed by atoms with van der Waals surface area (Å²) in [7, 11) is 0. The van der Waals surface area contributed by atoms with E-state index in [0.717, 1.165) is 30.9 Å². The number of benzene rings is 2. The van der Waals surface area contributed by atoms with Crippen LogP contribution in [0, 0.1) is 0 Å². The van der Waals surface area contributed by atoms with Crippen molar-refractivity contribution in [1.82, 2.24) is 5.32 Å². The SMILES string of the molecule is CCC[C@@H](NCc1ccc2c(c1)OCCO2)c1ccccc1. The first-order valence-electron chi connectivity index (χ1n) is 8.03. The molecule has 0 fully saturated rings. The lowest BCUT2D eigenvalue weighted by molar-refractivity contribution is 0.171. The van der Waals surface area contributed by atoms with E-state index in [4.69, 9.17) is 9.47 Å². The van der Waals surface area contributed by atoms with Crippen molar-refractivity contribution < 1.29 is 9.47 Å². The zero-order valence-electron chi connectivity index (χ0n) is 13.0. The molecular formula is C19H23NO2. The first-order chi connectivity index (χ1) is 10.9. The summed E-state index contributed by atoms with van der Waals surface area (Å²) >= 11 is 0. The van der Waals surface area contributed by atoms with Crippen LogP contribution in [0.3, 0.4) is 0 Å². The lowest BCUT2D eigenvalue weighted by atomic mass is 10.0. The highest BCUT2D eigenvalue weighted by Crippen LogP contribution is 2.31. The first kappa shape index (κ1) is 14.9. The minimum atomic E-state index is 0.388. The smallest absolute Gasteiger partial charge is 0.161 e. The predicted octanol–water partition coefficient (Wildman–Crippen LogP) is 4.09. The minimum absolute atomic E-state index is 0.388. The summed E-state index contributed by atoms with van der Waals surface area (Å²) in [5.41, 5.74) is 2.57. The summed E-state index contributed by atoms with van der Waals surface area (Å²) in [5.74, 6) is 1.71. The summed E-state index contributed by atoms with van der Waals surface area (Å²) in [6.07, 6.45) is 2.29. The maximum absolute atomic E-state index is 5.65. The lowest BCUT2D eigenvalue weighted by Gasteiger charge is -2.21. The number of rotatable bonds is 6. The van der Waals surface area contributed by atoms with Crippen molar-refractivity contribution in [3.05, 3.63) is 59.7 Å². The Hall–Kier alpha value is -2.00. The van der Waals surface area contributed by atoms with Crippen LogP contribution in [0.5, 0.6) is 11.5 Å². The molecule has 3 rings (SSSR count). The highest BCUT2D eigenvalue weighted by molar-refractivity contribution is 5.43. The second kappa shape index (κ2) is 7.32. The molecule has 0 bridgehead atoms. The van der Waals surface area contributed by atoms with Gasteiger partial charge in [0.05, 0.1) is 0 Å². The van der Waals surface area contributed by atoms with Gasteiger partial charge in [-0.1, -0.05) is 49.7 Å². The molecule has 116 valence electrons. The molecule has 1 aliphatic heterocycles. The van der Waals surface area contributed by atoms with Crippen molar-refractivity contribution >= 4 is 0 Å². The molecule has 0 saturated carbocycles. The van der Waals surface area contributed by atoms with Crippen LogP contribution >= 0.6 is 0 Å². The molecule has 0 amide bonds. The largest absolute Gasteiger partial charge is 0.486 e. The van der Waals surface area contributed by atoms with Gasteiger partial charge in [-0.3, -0.25) is 0 Å². The van der Waals surface area contributed by atoms with Crippen molar-refractivity contribution in [2.75, 3.05) is 13.2 Å². The van der Waals surface area contributed by atoms with Gasteiger partial charge in [0, 0.05) is 12.6 Å². The van der Waals surface area contributed by atoms with Gasteiger partial charge >= 0.3 is 0 Å². The molecule has 0 saturated heterocycles. The van der Waals surface area contributed by atoms with Crippen LogP contribution in [0.25, 0.3) is 0 Å². The van der Waals surface area contributed by atoms with Gasteiger partial charge in [0.15, 0.2) is 11.5 Å². The van der Waals surface area contributed by atoms with E-state index in [0.29, 0.717) is 19.3 Å². The summed E-state index contributed by atoms with van der Waals surface area (Å²) < 4.78 is 11.2. The van der Waals surface area contributed by atoms with Crippen molar-refractivity contribution in [1.29, 1.82) is 0 Å². The third-order valence-corrected chi connectivity index (χ3v) is 3.94. The molecule has 1 atom stereocenters. The van der Waals surface area contributed by atoms with Crippen molar-refractivity contribution in [3.8, 4) is 11.5 Å². The third kappa shape index (κ3) is 3.60. The number of ether oxygens (including phenoxy) is 2. The van der Waals surface area contributed by atoms with Gasteiger partial charge in [-0.2, -0.15) is 0 Å². The van der Waals surface area contributed by atoms with Crippen LogP contribution in [0.1, 0.15) is 36.9 Å². The molecule has 0 spiro atoms. The topological polar surface area (TPSA) is 30.5 Å². The van der Waals surface area contributed by atoms with Gasteiger partial charge in [-0.15, -0.1) is 0 Å². The third-order valence-electron chi connectivity index (χ3n) is 3.94. The lowest BCUT2D eigenvalue weighted by Crippen LogP contribution is -2.21. The number of hydrogen-bond acceptors (Lipinski definition) is 3. The van der Waals surface area contributed by atoms with Crippen LogP contribution in [-0.4, -0.2) is 13.2 Å². The maximum atomic E-state index is 5.65. The predicted molar refractivity (Wildman–Crippen MR) is 88.4 cm³/mol. The van der Waals surface area contributed by atoms with Crippen molar-refractivity contribution in [2.45, 2.75) is 32.4 Å². The van der Waals surface area contributed by atoms with Crippen LogP contribution in [0.2, 0.25) is 0 Å². The minimum Gasteiger partial charge on any atom is -0.486 e. The van der Waals surface area contributed by atoms with E-state index in [-0.39, 0.29) is 0 Å². The Morgan fingerprint density at radius 1 is 1.00 bits per heavy atom. The standard InChI is InChI=1S/C19H23NO2/c1-2-6-17(16-7-4-3-5-8-16)20-14-15-9-10-18-19(13-15)22-12-11-21-18/h3-5,7-10,13,17,20H,2,6,11-12,14H2,1H3/t17-/m1/s1. The van der Waals surface area contributed by atoms with Crippen molar-refractivity contribution in [2.24, 2.45) is 0 Å². The van der Waals surface area contributed by atoms with E-state index in [1.807, 2.05) is 6.07 Å². The van der Waals surface area contributed by atoms with E-state index in [9.17, 15) is 0 Å². The van der Waals surface area contributed by atoms with Crippen LogP contribution < -0.4 is 14.8 Å². The molecule has 3 nitrogen and oxygen atoms in total. The summed E-state index contributed by atoms with van der Waals surface area (Å²) in [4.78, 5) is 0. The highest BCUT2D eigenvalue weighted by atomic mass is 16.6. The number of hydrogen-bond donors (Lipinski definition) is 1. The Bertz CT molecular complexity index is 598. The van der Waals surface area contributed by atoms with Crippen LogP contribution in [-0.2, 0) is 6.54 Å². The van der Waals surface area contributed by atoms with Crippen LogP contribution in [0.15, 0.2) is 48.5 Å². The molecule has 2 aromatic carbocycles. The molecule has 0 aliphatic carbocycles. The van der Waals surface area contributed by atoms with Gasteiger partial charge in [-0.25, -0.2) is 0 Å². The molecular weight excluding hydrogens is 274 g/mol. The Morgan fingerprint density at radius 2 is 1.77 bits per heavy atom. The molecule has 22 heavy (non-hydrogen) atoms. The zero-order valence-corrected chi connectivity index (χ0v) is 13.0. The number of nitrogens with one attached hydrogen (secondary N) is 1. The normalized spacial score (nSPS) is 14.6. The van der Waals surface area contributed by atoms with E-state index in [1.165, 1.54) is 11.1 Å². The summed E-state index contributed by atoms with van der Waals surface area (Å²) in [5, 5.41) is 3.66. The van der Waals surface area contributed by atoms with Gasteiger partial charge in [0.2, 0.25) is 0 Å². The van der Waals surface area contributed by atoms with Gasteiger partial charge in [-0.05, 0) is 29.7 Å². The average Bonchev–Trinajstić information content (AvgIpc) is 2.59. The zero-order chi connectivity index (χ0) is 15.2. The van der Waals surface area contributed by atoms with Gasteiger partial charge < -0.3 is 14.8 Å². The van der Waals surface area contributed by atoms with Crippen molar-refractivity contribution in [3.63, 3.8) is 0 Å². The second-order valence-electron chi connectivity index (χ2n) is 5.61. The monoisotopic (exact) mass is 297 g/mol. The van der Waals surface area contributed by atoms with E-state index in [1.54, 1.807) is 0 Å². The Kier molecular flexibility index (Phi) is 4.96. The van der Waals surface area contributed by atoms with E-state index in [2.05, 4.69) is 54.7 Å². The molecule has 0 radical (unpaired) electrons.